The third kappa shape index (κ3) is 2.70. The van der Waals surface area contributed by atoms with Crippen molar-refractivity contribution in [3.8, 4) is 0 Å². The summed E-state index contributed by atoms with van der Waals surface area (Å²) in [7, 11) is 0. The molecule has 0 spiro atoms. The molecule has 0 radical (unpaired) electrons. The smallest absolute Gasteiger partial charge is 0.253 e. The number of fused-ring (bicyclic) bond motifs is 5. The topological polar surface area (TPSA) is 66.5 Å². The fourth-order valence-electron chi connectivity index (χ4n) is 5.17. The first-order valence-corrected chi connectivity index (χ1v) is 10.8. The second-order valence-electron chi connectivity index (χ2n) is 7.82. The Bertz CT molecular complexity index is 946. The van der Waals surface area contributed by atoms with Gasteiger partial charge in [0.1, 0.15) is 0 Å². The molecule has 7 heteroatoms. The minimum absolute atomic E-state index is 0.116. The maximum absolute atomic E-state index is 13.0. The molecule has 4 unspecified atom stereocenters. The van der Waals surface area contributed by atoms with E-state index in [1.807, 2.05) is 17.5 Å². The molecule has 2 saturated carbocycles. The summed E-state index contributed by atoms with van der Waals surface area (Å²) in [5, 5.41) is 5.09. The number of amides is 3. The van der Waals surface area contributed by atoms with E-state index >= 15 is 0 Å². The summed E-state index contributed by atoms with van der Waals surface area (Å²) in [5.74, 6) is -0.255. The van der Waals surface area contributed by atoms with Crippen LogP contribution in [-0.2, 0) is 16.1 Å². The van der Waals surface area contributed by atoms with Gasteiger partial charge in [0, 0.05) is 4.88 Å². The van der Waals surface area contributed by atoms with Gasteiger partial charge in [-0.05, 0) is 60.7 Å². The van der Waals surface area contributed by atoms with Crippen molar-refractivity contribution in [1.29, 1.82) is 0 Å². The third-order valence-electron chi connectivity index (χ3n) is 6.38. The van der Waals surface area contributed by atoms with E-state index in [9.17, 15) is 14.4 Å². The normalized spacial score (nSPS) is 28.1. The van der Waals surface area contributed by atoms with Crippen molar-refractivity contribution in [3.05, 3.63) is 51.2 Å². The van der Waals surface area contributed by atoms with Crippen molar-refractivity contribution >= 4 is 46.3 Å². The van der Waals surface area contributed by atoms with Gasteiger partial charge in [-0.3, -0.25) is 19.3 Å². The number of hydrogen-bond acceptors (Lipinski definition) is 4. The maximum atomic E-state index is 13.0. The van der Waals surface area contributed by atoms with Crippen LogP contribution in [0.5, 0.6) is 0 Å². The fourth-order valence-corrected chi connectivity index (χ4v) is 6.01. The number of nitrogens with one attached hydrogen (secondary N) is 1. The molecule has 28 heavy (non-hydrogen) atoms. The molecule has 4 atom stereocenters. The average Bonchev–Trinajstić information content (AvgIpc) is 3.46. The summed E-state index contributed by atoms with van der Waals surface area (Å²) < 4.78 is 0. The van der Waals surface area contributed by atoms with Gasteiger partial charge in [-0.25, -0.2) is 0 Å². The highest BCUT2D eigenvalue weighted by atomic mass is 35.5. The lowest BCUT2D eigenvalue weighted by Crippen LogP contribution is -2.33. The van der Waals surface area contributed by atoms with Gasteiger partial charge in [0.15, 0.2) is 0 Å². The van der Waals surface area contributed by atoms with Gasteiger partial charge in [0.2, 0.25) is 11.8 Å². The van der Waals surface area contributed by atoms with E-state index in [4.69, 9.17) is 11.6 Å². The number of nitrogens with zero attached hydrogens (tertiary/aromatic N) is 1. The lowest BCUT2D eigenvalue weighted by molar-refractivity contribution is -0.123. The molecule has 5 rings (SSSR count). The van der Waals surface area contributed by atoms with E-state index in [2.05, 4.69) is 5.32 Å². The van der Waals surface area contributed by atoms with Crippen LogP contribution in [0.2, 0.25) is 5.02 Å². The van der Waals surface area contributed by atoms with Crippen molar-refractivity contribution in [2.24, 2.45) is 23.7 Å². The number of halogens is 1. The zero-order valence-electron chi connectivity index (χ0n) is 15.1. The lowest BCUT2D eigenvalue weighted by Gasteiger charge is -2.19. The summed E-state index contributed by atoms with van der Waals surface area (Å²) in [6.45, 7) is 0.409. The standard InChI is InChI=1S/C21H19ClN2O3S/c22-16-6-5-13(9-15(16)19(25)23-10-14-2-1-7-28-14)24-20(26)17-11-3-4-12(8-11)18(17)21(24)27/h1-2,5-7,9,11-12,17-18H,3-4,8,10H2,(H,23,25). The highest BCUT2D eigenvalue weighted by molar-refractivity contribution is 7.09. The molecule has 1 aromatic heterocycles. The van der Waals surface area contributed by atoms with Gasteiger partial charge in [0.25, 0.3) is 5.91 Å². The Morgan fingerprint density at radius 1 is 1.14 bits per heavy atom. The maximum Gasteiger partial charge on any atom is 0.253 e. The molecule has 3 fully saturated rings. The molecule has 3 amide bonds. The molecule has 1 aliphatic heterocycles. The summed E-state index contributed by atoms with van der Waals surface area (Å²) in [6, 6.07) is 8.66. The monoisotopic (exact) mass is 414 g/mol. The van der Waals surface area contributed by atoms with Crippen LogP contribution >= 0.6 is 22.9 Å². The molecule has 144 valence electrons. The van der Waals surface area contributed by atoms with E-state index in [1.54, 1.807) is 29.5 Å². The first-order valence-electron chi connectivity index (χ1n) is 9.52. The zero-order valence-corrected chi connectivity index (χ0v) is 16.6. The van der Waals surface area contributed by atoms with Gasteiger partial charge < -0.3 is 5.32 Å². The Labute approximate surface area is 171 Å². The Balaban J connectivity index is 1.40. The molecule has 1 saturated heterocycles. The Kier molecular flexibility index (Phi) is 4.29. The van der Waals surface area contributed by atoms with Gasteiger partial charge in [-0.2, -0.15) is 0 Å². The van der Waals surface area contributed by atoms with Gasteiger partial charge in [0.05, 0.1) is 34.7 Å². The van der Waals surface area contributed by atoms with Crippen molar-refractivity contribution in [2.45, 2.75) is 25.8 Å². The van der Waals surface area contributed by atoms with Crippen molar-refractivity contribution in [2.75, 3.05) is 4.90 Å². The first-order chi connectivity index (χ1) is 13.5. The number of anilines is 1. The van der Waals surface area contributed by atoms with Gasteiger partial charge >= 0.3 is 0 Å². The molecule has 2 bridgehead atoms. The van der Waals surface area contributed by atoms with Crippen LogP contribution in [0.25, 0.3) is 0 Å². The van der Waals surface area contributed by atoms with Crippen LogP contribution in [0, 0.1) is 23.7 Å². The predicted octanol–water partition coefficient (Wildman–Crippen LogP) is 3.87. The van der Waals surface area contributed by atoms with Crippen LogP contribution in [0.4, 0.5) is 5.69 Å². The average molecular weight is 415 g/mol. The van der Waals surface area contributed by atoms with E-state index in [0.717, 1.165) is 24.1 Å². The fraction of sp³-hybridized carbons (Fsp3) is 0.381. The molecule has 5 nitrogen and oxygen atoms in total. The van der Waals surface area contributed by atoms with Crippen molar-refractivity contribution < 1.29 is 14.4 Å². The minimum atomic E-state index is -0.320. The number of imide groups is 1. The number of carbonyl (C=O) groups is 3. The molecule has 2 heterocycles. The Morgan fingerprint density at radius 3 is 2.50 bits per heavy atom. The SMILES string of the molecule is O=C(NCc1cccs1)c1cc(N2C(=O)C3C4CCC(C4)C3C2=O)ccc1Cl. The lowest BCUT2D eigenvalue weighted by atomic mass is 9.81. The van der Waals surface area contributed by atoms with Crippen molar-refractivity contribution in [1.82, 2.24) is 5.32 Å². The molecule has 2 aliphatic carbocycles. The summed E-state index contributed by atoms with van der Waals surface area (Å²) in [6.07, 6.45) is 3.07. The highest BCUT2D eigenvalue weighted by Gasteiger charge is 2.61. The molecule has 1 N–H and O–H groups in total. The molecule has 3 aliphatic rings. The third-order valence-corrected chi connectivity index (χ3v) is 7.59. The molecule has 2 aromatic rings. The quantitative estimate of drug-likeness (QED) is 0.772. The second-order valence-corrected chi connectivity index (χ2v) is 9.26. The summed E-state index contributed by atoms with van der Waals surface area (Å²) in [5.41, 5.74) is 0.714. The van der Waals surface area contributed by atoms with E-state index in [0.29, 0.717) is 29.1 Å². The van der Waals surface area contributed by atoms with E-state index in [1.165, 1.54) is 4.90 Å². The highest BCUT2D eigenvalue weighted by Crippen LogP contribution is 2.56. The number of hydrogen-bond donors (Lipinski definition) is 1. The summed E-state index contributed by atoms with van der Waals surface area (Å²) >= 11 is 7.80. The number of carbonyl (C=O) groups excluding carboxylic acids is 3. The van der Waals surface area contributed by atoms with Crippen LogP contribution in [0.1, 0.15) is 34.5 Å². The Hall–Kier alpha value is -2.18. The van der Waals surface area contributed by atoms with Crippen LogP contribution in [0.3, 0.4) is 0 Å². The molecular formula is C21H19ClN2O3S. The molecule has 1 aromatic carbocycles. The predicted molar refractivity (Wildman–Crippen MR) is 107 cm³/mol. The largest absolute Gasteiger partial charge is 0.347 e. The van der Waals surface area contributed by atoms with Crippen molar-refractivity contribution in [3.63, 3.8) is 0 Å². The second kappa shape index (κ2) is 6.71. The van der Waals surface area contributed by atoms with Gasteiger partial charge in [-0.1, -0.05) is 17.7 Å². The van der Waals surface area contributed by atoms with E-state index in [-0.39, 0.29) is 35.1 Å². The van der Waals surface area contributed by atoms with E-state index < -0.39 is 0 Å². The van der Waals surface area contributed by atoms with Gasteiger partial charge in [-0.15, -0.1) is 11.3 Å². The minimum Gasteiger partial charge on any atom is -0.347 e. The molecular weight excluding hydrogens is 396 g/mol. The first kappa shape index (κ1) is 17.9. The van der Waals surface area contributed by atoms with Crippen LogP contribution in [0.15, 0.2) is 35.7 Å². The number of thiophene rings is 1. The Morgan fingerprint density at radius 2 is 1.86 bits per heavy atom. The number of rotatable bonds is 4. The van der Waals surface area contributed by atoms with Crippen LogP contribution in [-0.4, -0.2) is 17.7 Å². The summed E-state index contributed by atoms with van der Waals surface area (Å²) in [4.78, 5) is 41.0. The van der Waals surface area contributed by atoms with Crippen LogP contribution < -0.4 is 10.2 Å². The number of benzene rings is 1. The zero-order chi connectivity index (χ0) is 19.4.